The summed E-state index contributed by atoms with van der Waals surface area (Å²) in [6.07, 6.45) is 0.930. The fraction of sp³-hybridized carbons (Fsp3) is 0.476. The first-order valence-electron chi connectivity index (χ1n) is 9.72. The van der Waals surface area contributed by atoms with Crippen LogP contribution in [0, 0.1) is 12.7 Å². The normalized spacial score (nSPS) is 22.1. The Morgan fingerprint density at radius 1 is 1.14 bits per heavy atom. The number of rotatable bonds is 2. The highest BCUT2D eigenvalue weighted by atomic mass is 19.1. The minimum atomic E-state index is -0.345. The summed E-state index contributed by atoms with van der Waals surface area (Å²) < 4.78 is 19.1. The molecular weight excluding hydrogens is 359 g/mol. The lowest BCUT2D eigenvalue weighted by molar-refractivity contribution is -0.00560. The Morgan fingerprint density at radius 2 is 1.82 bits per heavy atom. The van der Waals surface area contributed by atoms with Crippen molar-refractivity contribution < 1.29 is 13.9 Å². The number of hydrogen-bond acceptors (Lipinski definition) is 5. The number of ether oxygens (including phenoxy) is 1. The highest BCUT2D eigenvalue weighted by Crippen LogP contribution is 2.29. The predicted octanol–water partition coefficient (Wildman–Crippen LogP) is 2.74. The summed E-state index contributed by atoms with van der Waals surface area (Å²) in [5.41, 5.74) is 2.51. The molecule has 2 aromatic rings. The van der Waals surface area contributed by atoms with Gasteiger partial charge in [0.25, 0.3) is 5.91 Å². The Kier molecular flexibility index (Phi) is 5.02. The number of amides is 1. The van der Waals surface area contributed by atoms with E-state index in [-0.39, 0.29) is 23.9 Å². The van der Waals surface area contributed by atoms with Crippen LogP contribution >= 0.6 is 0 Å². The zero-order valence-electron chi connectivity index (χ0n) is 16.5. The molecule has 2 aliphatic rings. The lowest BCUT2D eigenvalue weighted by Crippen LogP contribution is -2.47. The molecule has 0 bridgehead atoms. The highest BCUT2D eigenvalue weighted by molar-refractivity contribution is 5.94. The standard InChI is InChI=1S/C21H25FN4O2/c1-13-10-26(11-14(2)28-13)20-18-12-25(9-8-19(18)23-15(3)24-20)21(27)16-4-6-17(22)7-5-16/h4-7,13-14H,8-12H2,1-3H3/t13-,14+. The molecule has 7 heteroatoms. The van der Waals surface area contributed by atoms with Gasteiger partial charge in [-0.25, -0.2) is 14.4 Å². The lowest BCUT2D eigenvalue weighted by atomic mass is 10.0. The van der Waals surface area contributed by atoms with Crippen molar-refractivity contribution in [2.75, 3.05) is 24.5 Å². The van der Waals surface area contributed by atoms with Crippen LogP contribution in [0.1, 0.15) is 41.3 Å². The molecule has 0 aliphatic carbocycles. The van der Waals surface area contributed by atoms with Gasteiger partial charge in [-0.3, -0.25) is 4.79 Å². The second-order valence-corrected chi connectivity index (χ2v) is 7.67. The quantitative estimate of drug-likeness (QED) is 0.797. The van der Waals surface area contributed by atoms with Crippen LogP contribution in [0.25, 0.3) is 0 Å². The van der Waals surface area contributed by atoms with Crippen molar-refractivity contribution in [3.8, 4) is 0 Å². The van der Waals surface area contributed by atoms with Crippen LogP contribution in [0.15, 0.2) is 24.3 Å². The number of halogens is 1. The van der Waals surface area contributed by atoms with Gasteiger partial charge in [0.05, 0.1) is 24.4 Å². The summed E-state index contributed by atoms with van der Waals surface area (Å²) in [5, 5.41) is 0. The van der Waals surface area contributed by atoms with Crippen molar-refractivity contribution in [3.63, 3.8) is 0 Å². The molecule has 3 heterocycles. The van der Waals surface area contributed by atoms with Gasteiger partial charge in [-0.2, -0.15) is 0 Å². The summed E-state index contributed by atoms with van der Waals surface area (Å²) in [7, 11) is 0. The van der Waals surface area contributed by atoms with Crippen LogP contribution < -0.4 is 4.90 Å². The summed E-state index contributed by atoms with van der Waals surface area (Å²) in [5.74, 6) is 1.21. The monoisotopic (exact) mass is 384 g/mol. The lowest BCUT2D eigenvalue weighted by Gasteiger charge is -2.38. The van der Waals surface area contributed by atoms with E-state index in [9.17, 15) is 9.18 Å². The number of anilines is 1. The number of morpholine rings is 1. The summed E-state index contributed by atoms with van der Waals surface area (Å²) in [6, 6.07) is 5.70. The van der Waals surface area contributed by atoms with Gasteiger partial charge in [-0.05, 0) is 45.0 Å². The third kappa shape index (κ3) is 3.71. The number of benzene rings is 1. The molecule has 0 radical (unpaired) electrons. The van der Waals surface area contributed by atoms with Crippen LogP contribution in [0.3, 0.4) is 0 Å². The number of fused-ring (bicyclic) bond motifs is 1. The zero-order chi connectivity index (χ0) is 19.8. The maximum Gasteiger partial charge on any atom is 0.254 e. The van der Waals surface area contributed by atoms with Gasteiger partial charge < -0.3 is 14.5 Å². The van der Waals surface area contributed by atoms with E-state index in [0.717, 1.165) is 36.0 Å². The molecule has 148 valence electrons. The van der Waals surface area contributed by atoms with E-state index < -0.39 is 0 Å². The number of aryl methyl sites for hydroxylation is 1. The van der Waals surface area contributed by atoms with E-state index in [1.165, 1.54) is 24.3 Å². The van der Waals surface area contributed by atoms with Gasteiger partial charge in [-0.1, -0.05) is 0 Å². The van der Waals surface area contributed by atoms with E-state index >= 15 is 0 Å². The molecule has 0 saturated carbocycles. The number of aromatic nitrogens is 2. The first kappa shape index (κ1) is 18.8. The van der Waals surface area contributed by atoms with Crippen molar-refractivity contribution in [1.29, 1.82) is 0 Å². The van der Waals surface area contributed by atoms with Gasteiger partial charge in [0, 0.05) is 37.2 Å². The Balaban J connectivity index is 1.63. The van der Waals surface area contributed by atoms with Crippen molar-refractivity contribution >= 4 is 11.7 Å². The Morgan fingerprint density at radius 3 is 2.50 bits per heavy atom. The SMILES string of the molecule is Cc1nc2c(c(N3C[C@@H](C)O[C@@H](C)C3)n1)CN(C(=O)c1ccc(F)cc1)CC2. The molecule has 2 aliphatic heterocycles. The van der Waals surface area contributed by atoms with Crippen LogP contribution in [0.2, 0.25) is 0 Å². The van der Waals surface area contributed by atoms with Crippen molar-refractivity contribution in [2.24, 2.45) is 0 Å². The van der Waals surface area contributed by atoms with E-state index in [1.54, 1.807) is 4.90 Å². The van der Waals surface area contributed by atoms with Crippen LogP contribution in [-0.2, 0) is 17.7 Å². The summed E-state index contributed by atoms with van der Waals surface area (Å²) >= 11 is 0. The Labute approximate surface area is 164 Å². The van der Waals surface area contributed by atoms with Gasteiger partial charge in [-0.15, -0.1) is 0 Å². The van der Waals surface area contributed by atoms with Crippen molar-refractivity contribution in [3.05, 3.63) is 52.7 Å². The topological polar surface area (TPSA) is 58.6 Å². The maximum absolute atomic E-state index is 13.2. The van der Waals surface area contributed by atoms with Crippen LogP contribution in [0.4, 0.5) is 10.2 Å². The van der Waals surface area contributed by atoms with Crippen LogP contribution in [0.5, 0.6) is 0 Å². The van der Waals surface area contributed by atoms with E-state index in [0.29, 0.717) is 25.1 Å². The third-order valence-electron chi connectivity index (χ3n) is 5.25. The number of carbonyl (C=O) groups excluding carboxylic acids is 1. The molecule has 28 heavy (non-hydrogen) atoms. The number of hydrogen-bond donors (Lipinski definition) is 0. The Bertz CT molecular complexity index is 877. The average molecular weight is 384 g/mol. The first-order valence-corrected chi connectivity index (χ1v) is 9.72. The minimum Gasteiger partial charge on any atom is -0.372 e. The van der Waals surface area contributed by atoms with Crippen LogP contribution in [-0.4, -0.2) is 52.6 Å². The smallest absolute Gasteiger partial charge is 0.254 e. The molecule has 1 fully saturated rings. The van der Waals surface area contributed by atoms with Gasteiger partial charge in [0.2, 0.25) is 0 Å². The number of nitrogens with zero attached hydrogens (tertiary/aromatic N) is 4. The third-order valence-corrected chi connectivity index (χ3v) is 5.25. The van der Waals surface area contributed by atoms with E-state index in [2.05, 4.69) is 23.7 Å². The molecule has 0 N–H and O–H groups in total. The maximum atomic E-state index is 13.2. The average Bonchev–Trinajstić information content (AvgIpc) is 2.66. The van der Waals surface area contributed by atoms with E-state index in [4.69, 9.17) is 9.72 Å². The Hall–Kier alpha value is -2.54. The molecule has 1 aromatic carbocycles. The fourth-order valence-corrected chi connectivity index (χ4v) is 4.08. The van der Waals surface area contributed by atoms with Gasteiger partial charge in [0.15, 0.2) is 0 Å². The predicted molar refractivity (Wildman–Crippen MR) is 104 cm³/mol. The molecule has 0 spiro atoms. The molecule has 4 rings (SSSR count). The molecule has 2 atom stereocenters. The molecule has 1 aromatic heterocycles. The molecular formula is C21H25FN4O2. The number of carbonyl (C=O) groups is 1. The minimum absolute atomic E-state index is 0.0964. The molecule has 6 nitrogen and oxygen atoms in total. The first-order chi connectivity index (χ1) is 13.4. The molecule has 0 unspecified atom stereocenters. The summed E-state index contributed by atoms with van der Waals surface area (Å²) in [4.78, 5) is 26.3. The fourth-order valence-electron chi connectivity index (χ4n) is 4.08. The van der Waals surface area contributed by atoms with Crippen molar-refractivity contribution in [2.45, 2.75) is 45.9 Å². The van der Waals surface area contributed by atoms with Gasteiger partial charge in [0.1, 0.15) is 17.5 Å². The molecule has 1 saturated heterocycles. The zero-order valence-corrected chi connectivity index (χ0v) is 16.5. The molecule has 1 amide bonds. The van der Waals surface area contributed by atoms with Gasteiger partial charge >= 0.3 is 0 Å². The summed E-state index contributed by atoms with van der Waals surface area (Å²) in [6.45, 7) is 8.61. The highest BCUT2D eigenvalue weighted by Gasteiger charge is 2.30. The van der Waals surface area contributed by atoms with E-state index in [1.807, 2.05) is 6.92 Å². The van der Waals surface area contributed by atoms with Crippen molar-refractivity contribution in [1.82, 2.24) is 14.9 Å². The largest absolute Gasteiger partial charge is 0.372 e. The second-order valence-electron chi connectivity index (χ2n) is 7.67. The second kappa shape index (κ2) is 7.47.